The van der Waals surface area contributed by atoms with E-state index < -0.39 is 24.3 Å². The van der Waals surface area contributed by atoms with Gasteiger partial charge in [-0.3, -0.25) is 9.59 Å². The first-order valence-corrected chi connectivity index (χ1v) is 27.2. The fourth-order valence-corrected chi connectivity index (χ4v) is 8.13. The zero-order valence-electron chi connectivity index (χ0n) is 42.5. The molecule has 63 heavy (non-hydrogen) atoms. The van der Waals surface area contributed by atoms with Crippen LogP contribution in [0.1, 0.15) is 271 Å². The van der Waals surface area contributed by atoms with Crippen LogP contribution in [0.4, 0.5) is 0 Å². The summed E-state index contributed by atoms with van der Waals surface area (Å²) in [5, 5.41) is 11.7. The van der Waals surface area contributed by atoms with Gasteiger partial charge in [0.05, 0.1) is 40.3 Å². The molecule has 2 atom stereocenters. The van der Waals surface area contributed by atoms with Crippen LogP contribution in [-0.4, -0.2) is 82.3 Å². The number of carbonyl (C=O) groups excluding carboxylic acids is 3. The summed E-state index contributed by atoms with van der Waals surface area (Å²) in [6, 6.07) is 0. The molecule has 0 saturated carbocycles. The number of hydrogen-bond donors (Lipinski definition) is 0. The van der Waals surface area contributed by atoms with E-state index in [0.717, 1.165) is 38.5 Å². The molecule has 9 nitrogen and oxygen atoms in total. The maximum atomic E-state index is 12.8. The number of unbranched alkanes of at least 4 members (excludes halogenated alkanes) is 36. The van der Waals surface area contributed by atoms with Crippen molar-refractivity contribution in [3.05, 3.63) is 0 Å². The number of carboxylic acids is 1. The van der Waals surface area contributed by atoms with Gasteiger partial charge in [-0.05, 0) is 12.8 Å². The highest BCUT2D eigenvalue weighted by Gasteiger charge is 2.22. The van der Waals surface area contributed by atoms with Crippen LogP contribution in [0.2, 0.25) is 0 Å². The van der Waals surface area contributed by atoms with Gasteiger partial charge in [0.25, 0.3) is 0 Å². The van der Waals surface area contributed by atoms with E-state index in [1.54, 1.807) is 0 Å². The van der Waals surface area contributed by atoms with Gasteiger partial charge in [-0.2, -0.15) is 0 Å². The molecule has 0 aromatic rings. The first kappa shape index (κ1) is 61.3. The third kappa shape index (κ3) is 48.1. The van der Waals surface area contributed by atoms with E-state index in [0.29, 0.717) is 17.4 Å². The van der Waals surface area contributed by atoms with Crippen LogP contribution in [0.5, 0.6) is 0 Å². The van der Waals surface area contributed by atoms with Crippen molar-refractivity contribution < 1.29 is 42.9 Å². The largest absolute Gasteiger partial charge is 0.545 e. The zero-order chi connectivity index (χ0) is 46.3. The summed E-state index contributed by atoms with van der Waals surface area (Å²) in [5.41, 5.74) is 0. The Morgan fingerprint density at radius 2 is 0.714 bits per heavy atom. The number of quaternary nitrogens is 1. The summed E-state index contributed by atoms with van der Waals surface area (Å²) in [6.45, 7) is 4.75. The Bertz CT molecular complexity index is 1000. The monoisotopic (exact) mass is 896 g/mol. The standard InChI is InChI=1S/C54H105NO8/c1-6-8-10-12-14-16-17-18-19-20-21-22-23-24-25-26-27-28-29-30-31-32-33-34-35-36-37-39-41-43-45-52(57)63-50(49-62-54(53(58)59)60-47-46-55(3,4)5)48-61-51(56)44-42-40-38-15-13-11-9-7-2/h50,54H,6-49H2,1-5H3. The number of rotatable bonds is 51. The highest BCUT2D eigenvalue weighted by atomic mass is 16.7. The predicted molar refractivity (Wildman–Crippen MR) is 260 cm³/mol. The van der Waals surface area contributed by atoms with Gasteiger partial charge in [0.15, 0.2) is 12.4 Å². The lowest BCUT2D eigenvalue weighted by Crippen LogP contribution is -2.44. The average molecular weight is 896 g/mol. The van der Waals surface area contributed by atoms with E-state index in [2.05, 4.69) is 13.8 Å². The number of likely N-dealkylation sites (N-methyl/N-ethyl adjacent to an activating group) is 1. The van der Waals surface area contributed by atoms with E-state index in [9.17, 15) is 19.5 Å². The molecule has 0 heterocycles. The molecule has 2 unspecified atom stereocenters. The lowest BCUT2D eigenvalue weighted by Gasteiger charge is -2.26. The van der Waals surface area contributed by atoms with E-state index in [-0.39, 0.29) is 32.2 Å². The van der Waals surface area contributed by atoms with Crippen molar-refractivity contribution >= 4 is 17.9 Å². The zero-order valence-corrected chi connectivity index (χ0v) is 42.5. The van der Waals surface area contributed by atoms with Crippen LogP contribution in [0, 0.1) is 0 Å². The molecule has 0 spiro atoms. The summed E-state index contributed by atoms with van der Waals surface area (Å²) in [4.78, 5) is 36.9. The molecule has 0 bridgehead atoms. The fraction of sp³-hybridized carbons (Fsp3) is 0.944. The fourth-order valence-electron chi connectivity index (χ4n) is 8.13. The van der Waals surface area contributed by atoms with Gasteiger partial charge in [0.2, 0.25) is 0 Å². The maximum Gasteiger partial charge on any atom is 0.306 e. The minimum Gasteiger partial charge on any atom is -0.545 e. The molecule has 374 valence electrons. The SMILES string of the molecule is CCCCCCCCCCCCCCCCCCCCCCCCCCCCCCCCC(=O)OC(COC(=O)CCCCCCCCCC)COC(OCC[N+](C)(C)C)C(=O)[O-]. The molecule has 0 saturated heterocycles. The minimum atomic E-state index is -1.61. The predicted octanol–water partition coefficient (Wildman–Crippen LogP) is 13.9. The highest BCUT2D eigenvalue weighted by molar-refractivity contribution is 5.70. The Morgan fingerprint density at radius 1 is 0.413 bits per heavy atom. The molecule has 0 aromatic heterocycles. The summed E-state index contributed by atoms with van der Waals surface area (Å²) >= 11 is 0. The van der Waals surface area contributed by atoms with Gasteiger partial charge in [-0.25, -0.2) is 0 Å². The van der Waals surface area contributed by atoms with E-state index in [1.165, 1.54) is 205 Å². The second-order valence-electron chi connectivity index (χ2n) is 19.9. The number of carbonyl (C=O) groups is 3. The van der Waals surface area contributed by atoms with E-state index in [4.69, 9.17) is 18.9 Å². The summed E-state index contributed by atoms with van der Waals surface area (Å²) in [7, 11) is 5.92. The van der Waals surface area contributed by atoms with Crippen LogP contribution >= 0.6 is 0 Å². The summed E-state index contributed by atoms with van der Waals surface area (Å²) < 4.78 is 22.6. The van der Waals surface area contributed by atoms with Gasteiger partial charge in [-0.1, -0.05) is 245 Å². The number of nitrogens with zero attached hydrogens (tertiary/aromatic N) is 1. The highest BCUT2D eigenvalue weighted by Crippen LogP contribution is 2.18. The number of carboxylic acid groups (broad SMARTS) is 1. The maximum absolute atomic E-state index is 12.8. The Balaban J connectivity index is 3.98. The van der Waals surface area contributed by atoms with Crippen LogP contribution in [0.15, 0.2) is 0 Å². The molecule has 0 N–H and O–H groups in total. The summed E-state index contributed by atoms with van der Waals surface area (Å²) in [6.07, 6.45) is 47.6. The summed E-state index contributed by atoms with van der Waals surface area (Å²) in [5.74, 6) is -2.27. The van der Waals surface area contributed by atoms with Gasteiger partial charge in [0.1, 0.15) is 13.2 Å². The van der Waals surface area contributed by atoms with Crippen molar-refractivity contribution in [2.24, 2.45) is 0 Å². The smallest absolute Gasteiger partial charge is 0.306 e. The molecule has 0 radical (unpaired) electrons. The number of hydrogen-bond acceptors (Lipinski definition) is 8. The molecule has 0 rings (SSSR count). The van der Waals surface area contributed by atoms with Crippen molar-refractivity contribution in [3.63, 3.8) is 0 Å². The lowest BCUT2D eigenvalue weighted by atomic mass is 10.0. The third-order valence-electron chi connectivity index (χ3n) is 12.4. The van der Waals surface area contributed by atoms with Crippen molar-refractivity contribution in [3.8, 4) is 0 Å². The van der Waals surface area contributed by atoms with Crippen LogP contribution in [0.25, 0.3) is 0 Å². The average Bonchev–Trinajstić information content (AvgIpc) is 3.24. The van der Waals surface area contributed by atoms with Gasteiger partial charge < -0.3 is 33.3 Å². The first-order chi connectivity index (χ1) is 30.6. The molecule has 0 fully saturated rings. The Labute approximate surface area is 390 Å². The molecule has 0 amide bonds. The number of esters is 2. The molecule has 9 heteroatoms. The Hall–Kier alpha value is -1.71. The molecule has 0 aliphatic carbocycles. The lowest BCUT2D eigenvalue weighted by molar-refractivity contribution is -0.870. The second kappa shape index (κ2) is 46.8. The third-order valence-corrected chi connectivity index (χ3v) is 12.4. The molecule has 0 aliphatic rings. The molecular weight excluding hydrogens is 791 g/mol. The van der Waals surface area contributed by atoms with Crippen molar-refractivity contribution in [1.82, 2.24) is 0 Å². The number of ether oxygens (including phenoxy) is 4. The van der Waals surface area contributed by atoms with Gasteiger partial charge >= 0.3 is 11.9 Å². The second-order valence-corrected chi connectivity index (χ2v) is 19.9. The molecular formula is C54H105NO8. The topological polar surface area (TPSA) is 111 Å². The van der Waals surface area contributed by atoms with Crippen molar-refractivity contribution in [1.29, 1.82) is 0 Å². The van der Waals surface area contributed by atoms with Gasteiger partial charge in [0, 0.05) is 12.8 Å². The van der Waals surface area contributed by atoms with Crippen LogP contribution in [-0.2, 0) is 33.3 Å². The normalized spacial score (nSPS) is 12.7. The minimum absolute atomic E-state index is 0.153. The van der Waals surface area contributed by atoms with Crippen LogP contribution < -0.4 is 5.11 Å². The number of aliphatic carboxylic acids is 1. The Kier molecular flexibility index (Phi) is 45.5. The van der Waals surface area contributed by atoms with Crippen molar-refractivity contribution in [2.75, 3.05) is 47.5 Å². The van der Waals surface area contributed by atoms with Gasteiger partial charge in [-0.15, -0.1) is 0 Å². The van der Waals surface area contributed by atoms with Crippen molar-refractivity contribution in [2.45, 2.75) is 283 Å². The quantitative estimate of drug-likeness (QED) is 0.0257. The molecule has 0 aromatic carbocycles. The van der Waals surface area contributed by atoms with Crippen LogP contribution in [0.3, 0.4) is 0 Å². The van der Waals surface area contributed by atoms with E-state index in [1.807, 2.05) is 21.1 Å². The Morgan fingerprint density at radius 3 is 1.02 bits per heavy atom. The molecule has 0 aliphatic heterocycles. The first-order valence-electron chi connectivity index (χ1n) is 27.2. The van der Waals surface area contributed by atoms with E-state index >= 15 is 0 Å².